The number of piperidine rings is 1. The van der Waals surface area contributed by atoms with Crippen LogP contribution >= 0.6 is 0 Å². The highest BCUT2D eigenvalue weighted by Gasteiger charge is 2.19. The summed E-state index contributed by atoms with van der Waals surface area (Å²) in [5.41, 5.74) is 1.10. The van der Waals surface area contributed by atoms with Crippen LogP contribution in [0.1, 0.15) is 18.4 Å². The maximum atomic E-state index is 11.9. The van der Waals surface area contributed by atoms with E-state index in [9.17, 15) is 4.79 Å². The molecule has 1 aromatic rings. The van der Waals surface area contributed by atoms with Crippen molar-refractivity contribution in [3.63, 3.8) is 0 Å². The zero-order chi connectivity index (χ0) is 14.9. The summed E-state index contributed by atoms with van der Waals surface area (Å²) in [6.07, 6.45) is 1.86. The molecular weight excluding hydrogens is 268 g/mol. The fourth-order valence-corrected chi connectivity index (χ4v) is 2.39. The quantitative estimate of drug-likeness (QED) is 0.744. The monoisotopic (exact) mass is 292 g/mol. The zero-order valence-corrected chi connectivity index (χ0v) is 12.6. The molecule has 0 aliphatic carbocycles. The number of rotatable bonds is 7. The van der Waals surface area contributed by atoms with Crippen LogP contribution in [0.15, 0.2) is 24.3 Å². The van der Waals surface area contributed by atoms with E-state index in [1.807, 2.05) is 24.3 Å². The number of hydrogen-bond acceptors (Lipinski definition) is 4. The minimum Gasteiger partial charge on any atom is -0.497 e. The maximum absolute atomic E-state index is 11.9. The molecule has 0 radical (unpaired) electrons. The minimum atomic E-state index is 0.157. The van der Waals surface area contributed by atoms with Crippen molar-refractivity contribution in [2.24, 2.45) is 5.92 Å². The Bertz CT molecular complexity index is 428. The predicted molar refractivity (Wildman–Crippen MR) is 81.3 cm³/mol. The number of hydrogen-bond donors (Lipinski definition) is 2. The van der Waals surface area contributed by atoms with E-state index in [2.05, 4.69) is 10.6 Å². The summed E-state index contributed by atoms with van der Waals surface area (Å²) in [4.78, 5) is 11.9. The Labute approximate surface area is 126 Å². The highest BCUT2D eigenvalue weighted by Crippen LogP contribution is 2.12. The molecule has 1 aliphatic rings. The lowest BCUT2D eigenvalue weighted by molar-refractivity contribution is -0.126. The molecule has 0 bridgehead atoms. The van der Waals surface area contributed by atoms with E-state index in [1.54, 1.807) is 7.11 Å². The summed E-state index contributed by atoms with van der Waals surface area (Å²) in [6, 6.07) is 7.79. The molecule has 1 aliphatic heterocycles. The van der Waals surface area contributed by atoms with Crippen LogP contribution in [0.25, 0.3) is 0 Å². The van der Waals surface area contributed by atoms with Gasteiger partial charge in [-0.05, 0) is 43.6 Å². The summed E-state index contributed by atoms with van der Waals surface area (Å²) in [7, 11) is 1.65. The second-order valence-corrected chi connectivity index (χ2v) is 5.22. The SMILES string of the molecule is COc1ccc(COCCNC(=O)C2CCNCC2)cc1. The van der Waals surface area contributed by atoms with Crippen LogP contribution in [-0.4, -0.2) is 39.3 Å². The molecule has 1 saturated heterocycles. The Balaban J connectivity index is 1.57. The van der Waals surface area contributed by atoms with Gasteiger partial charge in [0, 0.05) is 12.5 Å². The van der Waals surface area contributed by atoms with Crippen LogP contribution < -0.4 is 15.4 Å². The van der Waals surface area contributed by atoms with Crippen LogP contribution in [0.2, 0.25) is 0 Å². The number of nitrogens with one attached hydrogen (secondary N) is 2. The third-order valence-electron chi connectivity index (χ3n) is 3.68. The van der Waals surface area contributed by atoms with Crippen molar-refractivity contribution >= 4 is 5.91 Å². The van der Waals surface area contributed by atoms with Crippen LogP contribution in [0, 0.1) is 5.92 Å². The Morgan fingerprint density at radius 3 is 2.67 bits per heavy atom. The standard InChI is InChI=1S/C16H24N2O3/c1-20-15-4-2-13(3-5-15)12-21-11-10-18-16(19)14-6-8-17-9-7-14/h2-5,14,17H,6-12H2,1H3,(H,18,19). The summed E-state index contributed by atoms with van der Waals surface area (Å²) in [5.74, 6) is 1.16. The predicted octanol–water partition coefficient (Wildman–Crippen LogP) is 1.33. The normalized spacial score (nSPS) is 15.7. The molecule has 116 valence electrons. The topological polar surface area (TPSA) is 59.6 Å². The molecule has 2 N–H and O–H groups in total. The van der Waals surface area contributed by atoms with Gasteiger partial charge in [0.1, 0.15) is 5.75 Å². The van der Waals surface area contributed by atoms with Gasteiger partial charge in [-0.1, -0.05) is 12.1 Å². The summed E-state index contributed by atoms with van der Waals surface area (Å²) >= 11 is 0. The lowest BCUT2D eigenvalue weighted by atomic mass is 9.97. The van der Waals surface area contributed by atoms with E-state index >= 15 is 0 Å². The Kier molecular flexibility index (Phi) is 6.50. The molecular formula is C16H24N2O3. The molecule has 5 heteroatoms. The van der Waals surface area contributed by atoms with Crippen molar-refractivity contribution in [2.45, 2.75) is 19.4 Å². The molecule has 1 amide bonds. The van der Waals surface area contributed by atoms with Crippen LogP contribution in [0.3, 0.4) is 0 Å². The first-order valence-electron chi connectivity index (χ1n) is 7.48. The fraction of sp³-hybridized carbons (Fsp3) is 0.562. The van der Waals surface area contributed by atoms with Gasteiger partial charge in [0.2, 0.25) is 5.91 Å². The molecule has 0 spiro atoms. The Hall–Kier alpha value is -1.59. The molecule has 0 aromatic heterocycles. The van der Waals surface area contributed by atoms with Gasteiger partial charge < -0.3 is 20.1 Å². The van der Waals surface area contributed by atoms with Crippen LogP contribution in [0.5, 0.6) is 5.75 Å². The zero-order valence-electron chi connectivity index (χ0n) is 12.6. The van der Waals surface area contributed by atoms with Gasteiger partial charge in [-0.25, -0.2) is 0 Å². The number of carbonyl (C=O) groups excluding carboxylic acids is 1. The highest BCUT2D eigenvalue weighted by atomic mass is 16.5. The van der Waals surface area contributed by atoms with Crippen molar-refractivity contribution < 1.29 is 14.3 Å². The average Bonchev–Trinajstić information content (AvgIpc) is 2.55. The summed E-state index contributed by atoms with van der Waals surface area (Å²) < 4.78 is 10.7. The van der Waals surface area contributed by atoms with Gasteiger partial charge >= 0.3 is 0 Å². The number of ether oxygens (including phenoxy) is 2. The van der Waals surface area contributed by atoms with E-state index in [1.165, 1.54) is 0 Å². The molecule has 1 heterocycles. The lowest BCUT2D eigenvalue weighted by Gasteiger charge is -2.21. The number of carbonyl (C=O) groups is 1. The Morgan fingerprint density at radius 1 is 1.29 bits per heavy atom. The number of methoxy groups -OCH3 is 1. The largest absolute Gasteiger partial charge is 0.497 e. The first-order valence-corrected chi connectivity index (χ1v) is 7.48. The third-order valence-corrected chi connectivity index (χ3v) is 3.68. The van der Waals surface area contributed by atoms with Gasteiger partial charge in [0.15, 0.2) is 0 Å². The fourth-order valence-electron chi connectivity index (χ4n) is 2.39. The van der Waals surface area contributed by atoms with E-state index in [4.69, 9.17) is 9.47 Å². The number of amides is 1. The minimum absolute atomic E-state index is 0.157. The smallest absolute Gasteiger partial charge is 0.223 e. The van der Waals surface area contributed by atoms with Crippen LogP contribution in [-0.2, 0) is 16.1 Å². The van der Waals surface area contributed by atoms with Crippen LogP contribution in [0.4, 0.5) is 0 Å². The maximum Gasteiger partial charge on any atom is 0.223 e. The van der Waals surface area contributed by atoms with E-state index in [0.29, 0.717) is 19.8 Å². The summed E-state index contributed by atoms with van der Waals surface area (Å²) in [5, 5.41) is 6.20. The van der Waals surface area contributed by atoms with Gasteiger partial charge in [-0.2, -0.15) is 0 Å². The first kappa shape index (κ1) is 15.8. The second-order valence-electron chi connectivity index (χ2n) is 5.22. The van der Waals surface area contributed by atoms with Gasteiger partial charge in [0.05, 0.1) is 20.3 Å². The second kappa shape index (κ2) is 8.64. The first-order chi connectivity index (χ1) is 10.3. The molecule has 0 saturated carbocycles. The van der Waals surface area contributed by atoms with E-state index in [-0.39, 0.29) is 11.8 Å². The van der Waals surface area contributed by atoms with E-state index < -0.39 is 0 Å². The van der Waals surface area contributed by atoms with Crippen molar-refractivity contribution in [2.75, 3.05) is 33.4 Å². The molecule has 0 atom stereocenters. The molecule has 0 unspecified atom stereocenters. The van der Waals surface area contributed by atoms with Crippen molar-refractivity contribution in [3.8, 4) is 5.75 Å². The van der Waals surface area contributed by atoms with Gasteiger partial charge in [0.25, 0.3) is 0 Å². The number of benzene rings is 1. The summed E-state index contributed by atoms with van der Waals surface area (Å²) in [6.45, 7) is 3.52. The lowest BCUT2D eigenvalue weighted by Crippen LogP contribution is -2.39. The van der Waals surface area contributed by atoms with E-state index in [0.717, 1.165) is 37.2 Å². The third kappa shape index (κ3) is 5.36. The molecule has 2 rings (SSSR count). The molecule has 1 fully saturated rings. The van der Waals surface area contributed by atoms with Crippen molar-refractivity contribution in [1.29, 1.82) is 0 Å². The highest BCUT2D eigenvalue weighted by molar-refractivity contribution is 5.78. The molecule has 1 aromatic carbocycles. The van der Waals surface area contributed by atoms with Gasteiger partial charge in [-0.15, -0.1) is 0 Å². The average molecular weight is 292 g/mol. The van der Waals surface area contributed by atoms with Crippen molar-refractivity contribution in [1.82, 2.24) is 10.6 Å². The van der Waals surface area contributed by atoms with Gasteiger partial charge in [-0.3, -0.25) is 4.79 Å². The Morgan fingerprint density at radius 2 is 2.00 bits per heavy atom. The van der Waals surface area contributed by atoms with Crippen molar-refractivity contribution in [3.05, 3.63) is 29.8 Å². The molecule has 21 heavy (non-hydrogen) atoms. The molecule has 5 nitrogen and oxygen atoms in total.